The van der Waals surface area contributed by atoms with Gasteiger partial charge in [-0.25, -0.2) is 0 Å². The summed E-state index contributed by atoms with van der Waals surface area (Å²) >= 11 is 5.28. The minimum atomic E-state index is -0.146. The molecule has 2 aliphatic rings. The van der Waals surface area contributed by atoms with Gasteiger partial charge in [0.25, 0.3) is 0 Å². The quantitative estimate of drug-likeness (QED) is 0.711. The molecule has 0 spiro atoms. The Labute approximate surface area is 138 Å². The lowest BCUT2D eigenvalue weighted by atomic mass is 9.83. The molecule has 1 saturated carbocycles. The first-order chi connectivity index (χ1) is 11.1. The molecule has 23 heavy (non-hydrogen) atoms. The maximum Gasteiger partial charge on any atom is 0.196 e. The first-order valence-corrected chi connectivity index (χ1v) is 7.95. The molecule has 0 aliphatic heterocycles. The van der Waals surface area contributed by atoms with Gasteiger partial charge in [-0.1, -0.05) is 36.4 Å². The Morgan fingerprint density at radius 1 is 0.913 bits per heavy atom. The smallest absolute Gasteiger partial charge is 0.196 e. The molecule has 5 heteroatoms. The predicted molar refractivity (Wildman–Crippen MR) is 92.1 cm³/mol. The van der Waals surface area contributed by atoms with Crippen LogP contribution in [0, 0.1) is 0 Å². The second-order valence-electron chi connectivity index (χ2n) is 5.80. The van der Waals surface area contributed by atoms with E-state index in [1.165, 1.54) is 0 Å². The molecular formula is C18H14N2O2S. The van der Waals surface area contributed by atoms with Crippen LogP contribution in [0.3, 0.4) is 0 Å². The molecule has 0 saturated heterocycles. The highest BCUT2D eigenvalue weighted by atomic mass is 32.1. The first kappa shape index (κ1) is 14.1. The van der Waals surface area contributed by atoms with E-state index in [-0.39, 0.29) is 11.6 Å². The molecule has 4 nitrogen and oxygen atoms in total. The van der Waals surface area contributed by atoms with Crippen LogP contribution in [0.1, 0.15) is 44.7 Å². The van der Waals surface area contributed by atoms with Crippen LogP contribution in [0.4, 0.5) is 5.69 Å². The van der Waals surface area contributed by atoms with E-state index < -0.39 is 0 Å². The van der Waals surface area contributed by atoms with Crippen molar-refractivity contribution in [3.05, 3.63) is 64.7 Å². The maximum atomic E-state index is 12.8. The molecule has 114 valence electrons. The zero-order chi connectivity index (χ0) is 16.0. The molecule has 0 aromatic heterocycles. The lowest BCUT2D eigenvalue weighted by Crippen LogP contribution is -2.31. The molecule has 0 radical (unpaired) electrons. The van der Waals surface area contributed by atoms with Gasteiger partial charge in [0.15, 0.2) is 16.7 Å². The summed E-state index contributed by atoms with van der Waals surface area (Å²) in [6.07, 6.45) is 2.22. The van der Waals surface area contributed by atoms with E-state index in [1.807, 2.05) is 0 Å². The average molecular weight is 322 g/mol. The van der Waals surface area contributed by atoms with Crippen molar-refractivity contribution in [3.8, 4) is 0 Å². The number of anilines is 1. The minimum absolute atomic E-state index is 0.125. The number of thiocarbonyl (C=S) groups is 1. The van der Waals surface area contributed by atoms with Crippen molar-refractivity contribution in [3.63, 3.8) is 0 Å². The number of hydrogen-bond donors (Lipinski definition) is 2. The van der Waals surface area contributed by atoms with Crippen molar-refractivity contribution in [2.75, 3.05) is 5.32 Å². The standard InChI is InChI=1S/C18H14N2O2S/c21-16-11-4-1-2-5-12(11)17(22)15-13(16)6-3-7-14(15)20-18(23)19-10-8-9-10/h1-7,10H,8-9H2,(H2,19,20,23). The summed E-state index contributed by atoms with van der Waals surface area (Å²) < 4.78 is 0. The van der Waals surface area contributed by atoms with Gasteiger partial charge >= 0.3 is 0 Å². The lowest BCUT2D eigenvalue weighted by Gasteiger charge is -2.21. The van der Waals surface area contributed by atoms with Crippen LogP contribution in [-0.4, -0.2) is 22.7 Å². The average Bonchev–Trinajstić information content (AvgIpc) is 3.36. The number of rotatable bonds is 2. The summed E-state index contributed by atoms with van der Waals surface area (Å²) in [7, 11) is 0. The number of carbonyl (C=O) groups is 2. The van der Waals surface area contributed by atoms with E-state index in [0.29, 0.717) is 39.1 Å². The van der Waals surface area contributed by atoms with E-state index in [9.17, 15) is 9.59 Å². The number of fused-ring (bicyclic) bond motifs is 2. The topological polar surface area (TPSA) is 58.2 Å². The molecule has 4 rings (SSSR count). The van der Waals surface area contributed by atoms with Crippen LogP contribution < -0.4 is 10.6 Å². The van der Waals surface area contributed by atoms with E-state index in [1.54, 1.807) is 42.5 Å². The summed E-state index contributed by atoms with van der Waals surface area (Å²) in [6, 6.07) is 12.6. The largest absolute Gasteiger partial charge is 0.360 e. The Morgan fingerprint density at radius 3 is 2.26 bits per heavy atom. The molecule has 2 aromatic carbocycles. The van der Waals surface area contributed by atoms with Gasteiger partial charge in [0.05, 0.1) is 11.3 Å². The summed E-state index contributed by atoms with van der Waals surface area (Å²) in [5.74, 6) is -0.271. The van der Waals surface area contributed by atoms with Crippen molar-refractivity contribution in [2.24, 2.45) is 0 Å². The summed E-state index contributed by atoms with van der Waals surface area (Å²) in [5, 5.41) is 6.74. The SMILES string of the molecule is O=C1c2ccccc2C(=O)c2c(NC(=S)NC3CC3)cccc21. The molecule has 2 N–H and O–H groups in total. The summed E-state index contributed by atoms with van der Waals surface area (Å²) in [4.78, 5) is 25.5. The highest BCUT2D eigenvalue weighted by Crippen LogP contribution is 2.32. The van der Waals surface area contributed by atoms with Crippen molar-refractivity contribution in [2.45, 2.75) is 18.9 Å². The van der Waals surface area contributed by atoms with Crippen LogP contribution in [0.5, 0.6) is 0 Å². The van der Waals surface area contributed by atoms with Gasteiger partial charge in [-0.3, -0.25) is 9.59 Å². The van der Waals surface area contributed by atoms with Crippen LogP contribution in [0.15, 0.2) is 42.5 Å². The highest BCUT2D eigenvalue weighted by Gasteiger charge is 2.31. The normalized spacial score (nSPS) is 15.7. The van der Waals surface area contributed by atoms with Crippen molar-refractivity contribution in [1.29, 1.82) is 0 Å². The third-order valence-corrected chi connectivity index (χ3v) is 4.33. The van der Waals surface area contributed by atoms with E-state index >= 15 is 0 Å². The number of nitrogens with one attached hydrogen (secondary N) is 2. The number of ketones is 2. The second-order valence-corrected chi connectivity index (χ2v) is 6.21. The van der Waals surface area contributed by atoms with Gasteiger partial charge in [-0.2, -0.15) is 0 Å². The first-order valence-electron chi connectivity index (χ1n) is 7.54. The van der Waals surface area contributed by atoms with Gasteiger partial charge in [0.2, 0.25) is 0 Å². The van der Waals surface area contributed by atoms with Gasteiger partial charge < -0.3 is 10.6 Å². The molecule has 1 fully saturated rings. The monoisotopic (exact) mass is 322 g/mol. The molecule has 2 aliphatic carbocycles. The van der Waals surface area contributed by atoms with Gasteiger partial charge in [0, 0.05) is 22.7 Å². The zero-order valence-corrected chi connectivity index (χ0v) is 13.1. The fourth-order valence-corrected chi connectivity index (χ4v) is 3.10. The summed E-state index contributed by atoms with van der Waals surface area (Å²) in [6.45, 7) is 0. The van der Waals surface area contributed by atoms with Gasteiger partial charge in [0.1, 0.15) is 0 Å². The van der Waals surface area contributed by atoms with Crippen molar-refractivity contribution in [1.82, 2.24) is 5.32 Å². The Hall–Kier alpha value is -2.53. The third kappa shape index (κ3) is 2.43. The number of hydrogen-bond acceptors (Lipinski definition) is 3. The minimum Gasteiger partial charge on any atom is -0.360 e. The molecular weight excluding hydrogens is 308 g/mol. The molecule has 0 unspecified atom stereocenters. The molecule has 0 bridgehead atoms. The van der Waals surface area contributed by atoms with Crippen LogP contribution in [-0.2, 0) is 0 Å². The molecule has 0 heterocycles. The lowest BCUT2D eigenvalue weighted by molar-refractivity contribution is 0.0979. The molecule has 0 atom stereocenters. The van der Waals surface area contributed by atoms with E-state index in [0.717, 1.165) is 12.8 Å². The Bertz CT molecular complexity index is 856. The highest BCUT2D eigenvalue weighted by molar-refractivity contribution is 7.80. The fourth-order valence-electron chi connectivity index (χ4n) is 2.82. The van der Waals surface area contributed by atoms with Crippen LogP contribution in [0.2, 0.25) is 0 Å². The molecule has 0 amide bonds. The van der Waals surface area contributed by atoms with Crippen molar-refractivity contribution < 1.29 is 9.59 Å². The maximum absolute atomic E-state index is 12.8. The Morgan fingerprint density at radius 2 is 1.57 bits per heavy atom. The predicted octanol–water partition coefficient (Wildman–Crippen LogP) is 2.91. The van der Waals surface area contributed by atoms with Crippen molar-refractivity contribution >= 4 is 34.6 Å². The van der Waals surface area contributed by atoms with Gasteiger partial charge in [-0.15, -0.1) is 0 Å². The van der Waals surface area contributed by atoms with Crippen LogP contribution >= 0.6 is 12.2 Å². The Balaban J connectivity index is 1.75. The van der Waals surface area contributed by atoms with Gasteiger partial charge in [-0.05, 0) is 31.1 Å². The van der Waals surface area contributed by atoms with Crippen LogP contribution in [0.25, 0.3) is 0 Å². The zero-order valence-electron chi connectivity index (χ0n) is 12.3. The third-order valence-electron chi connectivity index (χ3n) is 4.11. The van der Waals surface area contributed by atoms with E-state index in [4.69, 9.17) is 12.2 Å². The molecule has 2 aromatic rings. The number of carbonyl (C=O) groups excluding carboxylic acids is 2. The fraction of sp³-hybridized carbons (Fsp3) is 0.167. The van der Waals surface area contributed by atoms with E-state index in [2.05, 4.69) is 10.6 Å². The summed E-state index contributed by atoms with van der Waals surface area (Å²) in [5.41, 5.74) is 2.30. The number of benzene rings is 2. The second kappa shape index (κ2) is 5.28. The Kier molecular flexibility index (Phi) is 3.23.